The Balaban J connectivity index is 1.26. The van der Waals surface area contributed by atoms with Gasteiger partial charge in [0.15, 0.2) is 23.0 Å². The van der Waals surface area contributed by atoms with Crippen molar-refractivity contribution in [2.75, 3.05) is 18.8 Å². The van der Waals surface area contributed by atoms with Crippen molar-refractivity contribution in [3.63, 3.8) is 0 Å². The number of para-hydroxylation sites is 2. The first kappa shape index (κ1) is 15.1. The number of benzene rings is 2. The Morgan fingerprint density at radius 3 is 2.77 bits per heavy atom. The molecule has 2 N–H and O–H groups in total. The second kappa shape index (κ2) is 5.95. The zero-order valence-corrected chi connectivity index (χ0v) is 14.2. The van der Waals surface area contributed by atoms with Gasteiger partial charge >= 0.3 is 0 Å². The summed E-state index contributed by atoms with van der Waals surface area (Å²) < 4.78 is 22.8. The molecule has 2 aliphatic heterocycles. The van der Waals surface area contributed by atoms with E-state index in [2.05, 4.69) is 15.8 Å². The standard InChI is InChI=1S/C17H13N3O5S/c21-16(14-7-22-10-3-1-2-4-11(10)25-14)19-20-17-18-9-5-12-13(24-8-23-12)6-15(9)26-17/h1-6,14H,7-8H2,(H,18,20)(H,19,21). The average Bonchev–Trinajstić information content (AvgIpc) is 3.29. The molecule has 0 saturated carbocycles. The fourth-order valence-electron chi connectivity index (χ4n) is 2.72. The Morgan fingerprint density at radius 1 is 1.08 bits per heavy atom. The first-order valence-corrected chi connectivity index (χ1v) is 8.72. The zero-order valence-electron chi connectivity index (χ0n) is 13.4. The Bertz CT molecular complexity index is 964. The van der Waals surface area contributed by atoms with Gasteiger partial charge in [0, 0.05) is 12.1 Å². The third-order valence-corrected chi connectivity index (χ3v) is 4.91. The number of rotatable bonds is 3. The van der Waals surface area contributed by atoms with Gasteiger partial charge in [-0.15, -0.1) is 0 Å². The number of anilines is 1. The van der Waals surface area contributed by atoms with Crippen molar-refractivity contribution in [3.8, 4) is 23.0 Å². The highest BCUT2D eigenvalue weighted by atomic mass is 32.1. The van der Waals surface area contributed by atoms with E-state index < -0.39 is 6.10 Å². The van der Waals surface area contributed by atoms with Crippen LogP contribution in [0.15, 0.2) is 36.4 Å². The average molecular weight is 371 g/mol. The van der Waals surface area contributed by atoms with E-state index in [0.717, 1.165) is 10.2 Å². The van der Waals surface area contributed by atoms with E-state index in [9.17, 15) is 4.79 Å². The Kier molecular flexibility index (Phi) is 3.45. The molecule has 0 saturated heterocycles. The highest BCUT2D eigenvalue weighted by Crippen LogP contribution is 2.38. The molecule has 5 rings (SSSR count). The lowest BCUT2D eigenvalue weighted by atomic mass is 10.2. The molecule has 1 amide bonds. The summed E-state index contributed by atoms with van der Waals surface area (Å²) in [4.78, 5) is 16.7. The number of ether oxygens (including phenoxy) is 4. The van der Waals surface area contributed by atoms with Gasteiger partial charge in [0.1, 0.15) is 6.61 Å². The summed E-state index contributed by atoms with van der Waals surface area (Å²) in [5, 5.41) is 0.550. The largest absolute Gasteiger partial charge is 0.485 e. The van der Waals surface area contributed by atoms with Crippen molar-refractivity contribution >= 4 is 32.6 Å². The molecule has 9 heteroatoms. The van der Waals surface area contributed by atoms with Crippen LogP contribution in [0.1, 0.15) is 0 Å². The van der Waals surface area contributed by atoms with Gasteiger partial charge in [-0.3, -0.25) is 15.6 Å². The van der Waals surface area contributed by atoms with Gasteiger partial charge in [0.25, 0.3) is 5.91 Å². The molecule has 1 aromatic heterocycles. The maximum absolute atomic E-state index is 12.3. The van der Waals surface area contributed by atoms with Crippen LogP contribution in [-0.2, 0) is 4.79 Å². The van der Waals surface area contributed by atoms with Gasteiger partial charge in [-0.05, 0) is 12.1 Å². The highest BCUT2D eigenvalue weighted by Gasteiger charge is 2.27. The molecule has 132 valence electrons. The molecule has 26 heavy (non-hydrogen) atoms. The molecule has 1 atom stereocenters. The highest BCUT2D eigenvalue weighted by molar-refractivity contribution is 7.22. The lowest BCUT2D eigenvalue weighted by Crippen LogP contribution is -2.45. The van der Waals surface area contributed by atoms with Gasteiger partial charge in [-0.25, -0.2) is 4.98 Å². The molecule has 0 radical (unpaired) electrons. The smallest absolute Gasteiger partial charge is 0.283 e. The summed E-state index contributed by atoms with van der Waals surface area (Å²) in [7, 11) is 0. The van der Waals surface area contributed by atoms with Crippen LogP contribution in [0.25, 0.3) is 10.2 Å². The van der Waals surface area contributed by atoms with E-state index in [4.69, 9.17) is 18.9 Å². The second-order valence-corrected chi connectivity index (χ2v) is 6.70. The molecule has 3 heterocycles. The molecule has 0 fully saturated rings. The Hall–Kier alpha value is -3.20. The van der Waals surface area contributed by atoms with Gasteiger partial charge in [-0.2, -0.15) is 0 Å². The van der Waals surface area contributed by atoms with Gasteiger partial charge in [0.05, 0.1) is 10.2 Å². The number of carbonyl (C=O) groups is 1. The lowest BCUT2D eigenvalue weighted by Gasteiger charge is -2.25. The first-order valence-electron chi connectivity index (χ1n) is 7.91. The maximum Gasteiger partial charge on any atom is 0.283 e. The van der Waals surface area contributed by atoms with Crippen LogP contribution in [0.3, 0.4) is 0 Å². The Morgan fingerprint density at radius 2 is 1.88 bits per heavy atom. The maximum atomic E-state index is 12.3. The molecular weight excluding hydrogens is 358 g/mol. The summed E-state index contributed by atoms with van der Waals surface area (Å²) >= 11 is 1.40. The molecule has 1 unspecified atom stereocenters. The molecule has 2 aliphatic rings. The monoisotopic (exact) mass is 371 g/mol. The van der Waals surface area contributed by atoms with E-state index in [0.29, 0.717) is 28.1 Å². The van der Waals surface area contributed by atoms with Gasteiger partial charge in [-0.1, -0.05) is 23.5 Å². The number of hydrazine groups is 1. The van der Waals surface area contributed by atoms with Crippen molar-refractivity contribution in [2.24, 2.45) is 0 Å². The van der Waals surface area contributed by atoms with Crippen LogP contribution in [0, 0.1) is 0 Å². The number of carbonyl (C=O) groups excluding carboxylic acids is 1. The van der Waals surface area contributed by atoms with Crippen molar-refractivity contribution in [1.82, 2.24) is 10.4 Å². The minimum atomic E-state index is -0.739. The van der Waals surface area contributed by atoms with Crippen molar-refractivity contribution in [1.29, 1.82) is 0 Å². The SMILES string of the molecule is O=C(NNc1nc2cc3c(cc2s1)OCO3)C1COc2ccccc2O1. The van der Waals surface area contributed by atoms with E-state index in [1.54, 1.807) is 12.1 Å². The quantitative estimate of drug-likeness (QED) is 0.683. The number of aromatic nitrogens is 1. The minimum Gasteiger partial charge on any atom is -0.485 e. The third-order valence-electron chi connectivity index (χ3n) is 3.98. The number of hydrogen-bond donors (Lipinski definition) is 2. The predicted octanol–water partition coefficient (Wildman–Crippen LogP) is 2.31. The molecular formula is C17H13N3O5S. The fourth-order valence-corrected chi connectivity index (χ4v) is 3.55. The molecule has 2 aromatic carbocycles. The number of hydrogen-bond acceptors (Lipinski definition) is 8. The van der Waals surface area contributed by atoms with Crippen LogP contribution >= 0.6 is 11.3 Å². The second-order valence-electron chi connectivity index (χ2n) is 5.67. The summed E-state index contributed by atoms with van der Waals surface area (Å²) in [6.07, 6.45) is -0.739. The molecule has 0 bridgehead atoms. The van der Waals surface area contributed by atoms with E-state index in [1.165, 1.54) is 11.3 Å². The van der Waals surface area contributed by atoms with Crippen LogP contribution < -0.4 is 29.8 Å². The summed E-state index contributed by atoms with van der Waals surface area (Å²) in [5.74, 6) is 2.21. The Labute approximate surface area is 151 Å². The van der Waals surface area contributed by atoms with Crippen molar-refractivity contribution in [3.05, 3.63) is 36.4 Å². The number of nitrogens with one attached hydrogen (secondary N) is 2. The van der Waals surface area contributed by atoms with E-state index >= 15 is 0 Å². The third kappa shape index (κ3) is 2.62. The van der Waals surface area contributed by atoms with Crippen LogP contribution in [0.5, 0.6) is 23.0 Å². The lowest BCUT2D eigenvalue weighted by molar-refractivity contribution is -0.129. The first-order chi connectivity index (χ1) is 12.8. The van der Waals surface area contributed by atoms with Gasteiger partial charge in [0.2, 0.25) is 18.0 Å². The molecule has 0 aliphatic carbocycles. The molecule has 8 nitrogen and oxygen atoms in total. The predicted molar refractivity (Wildman–Crippen MR) is 93.9 cm³/mol. The summed E-state index contributed by atoms with van der Waals surface area (Å²) in [6.45, 7) is 0.367. The molecule has 0 spiro atoms. The number of amides is 1. The van der Waals surface area contributed by atoms with E-state index in [1.807, 2.05) is 24.3 Å². The van der Waals surface area contributed by atoms with Crippen molar-refractivity contribution in [2.45, 2.75) is 6.10 Å². The minimum absolute atomic E-state index is 0.145. The van der Waals surface area contributed by atoms with Crippen LogP contribution in [0.4, 0.5) is 5.13 Å². The fraction of sp³-hybridized carbons (Fsp3) is 0.176. The zero-order chi connectivity index (χ0) is 17.5. The number of thiazole rings is 1. The summed E-state index contributed by atoms with van der Waals surface area (Å²) in [5.41, 5.74) is 6.20. The van der Waals surface area contributed by atoms with Crippen LogP contribution in [0.2, 0.25) is 0 Å². The van der Waals surface area contributed by atoms with Gasteiger partial charge < -0.3 is 18.9 Å². The number of nitrogens with zero attached hydrogens (tertiary/aromatic N) is 1. The molecule has 3 aromatic rings. The van der Waals surface area contributed by atoms with Crippen molar-refractivity contribution < 1.29 is 23.7 Å². The topological polar surface area (TPSA) is 90.9 Å². The van der Waals surface area contributed by atoms with E-state index in [-0.39, 0.29) is 19.3 Å². The summed E-state index contributed by atoms with van der Waals surface area (Å²) in [6, 6.07) is 10.9. The number of fused-ring (bicyclic) bond motifs is 3. The van der Waals surface area contributed by atoms with Crippen LogP contribution in [-0.4, -0.2) is 30.4 Å². The normalized spacial score (nSPS) is 17.2.